The Balaban J connectivity index is 1.91. The highest BCUT2D eigenvalue weighted by molar-refractivity contribution is 7.89. The van der Waals surface area contributed by atoms with E-state index in [-0.39, 0.29) is 36.1 Å². The van der Waals surface area contributed by atoms with Crippen LogP contribution in [0.1, 0.15) is 72.5 Å². The topological polar surface area (TPSA) is 86.8 Å². The Hall–Kier alpha value is -3.34. The second-order valence-electron chi connectivity index (χ2n) is 10.8. The number of hydrogen-bond donors (Lipinski definition) is 1. The fourth-order valence-electron chi connectivity index (χ4n) is 4.91. The van der Waals surface area contributed by atoms with Crippen molar-refractivity contribution in [2.75, 3.05) is 30.7 Å². The van der Waals surface area contributed by atoms with Gasteiger partial charge in [0, 0.05) is 30.9 Å². The van der Waals surface area contributed by atoms with Crippen molar-refractivity contribution in [3.8, 4) is 0 Å². The number of alkyl halides is 9. The molecule has 1 atom stereocenters. The molecule has 0 aliphatic carbocycles. The third kappa shape index (κ3) is 9.83. The molecule has 2 aromatic rings. The second kappa shape index (κ2) is 14.6. The minimum absolute atomic E-state index is 0.149. The number of benzene rings is 2. The van der Waals surface area contributed by atoms with Gasteiger partial charge in [-0.3, -0.25) is 9.59 Å². The molecule has 0 radical (unpaired) electrons. The number of unbranched alkanes of at least 4 members (excludes halogenated alkanes) is 5. The zero-order chi connectivity index (χ0) is 34.5. The van der Waals surface area contributed by atoms with E-state index in [2.05, 4.69) is 5.32 Å². The van der Waals surface area contributed by atoms with Crippen LogP contribution in [0.4, 0.5) is 45.2 Å². The summed E-state index contributed by atoms with van der Waals surface area (Å²) in [5.74, 6) is -2.75. The van der Waals surface area contributed by atoms with Crippen molar-refractivity contribution < 1.29 is 57.5 Å². The highest BCUT2D eigenvalue weighted by atomic mass is 32.2. The predicted octanol–water partition coefficient (Wildman–Crippen LogP) is 7.20. The maximum atomic E-state index is 13.4. The number of amides is 2. The maximum absolute atomic E-state index is 13.4. The number of carbonyl (C=O) groups is 2. The van der Waals surface area contributed by atoms with Gasteiger partial charge >= 0.3 is 18.5 Å². The van der Waals surface area contributed by atoms with Crippen LogP contribution in [0, 0.1) is 0 Å². The normalized spacial score (nSPS) is 16.8. The molecule has 1 unspecified atom stereocenters. The molecule has 1 aliphatic rings. The number of nitrogens with zero attached hydrogens (tertiary/aromatic N) is 2. The van der Waals surface area contributed by atoms with Crippen LogP contribution in [0.25, 0.3) is 0 Å². The van der Waals surface area contributed by atoms with E-state index in [4.69, 9.17) is 0 Å². The van der Waals surface area contributed by atoms with Crippen molar-refractivity contribution in [2.45, 2.75) is 70.0 Å². The van der Waals surface area contributed by atoms with E-state index < -0.39 is 88.3 Å². The van der Waals surface area contributed by atoms with E-state index >= 15 is 0 Å². The van der Waals surface area contributed by atoms with Gasteiger partial charge in [0.1, 0.15) is 6.04 Å². The zero-order valence-corrected chi connectivity index (χ0v) is 25.3. The molecule has 1 saturated heterocycles. The first kappa shape index (κ1) is 37.1. The number of rotatable bonds is 11. The van der Waals surface area contributed by atoms with Gasteiger partial charge in [0.05, 0.1) is 22.4 Å². The molecule has 17 heteroatoms. The van der Waals surface area contributed by atoms with Crippen molar-refractivity contribution in [2.24, 2.45) is 0 Å². The number of piperazine rings is 1. The van der Waals surface area contributed by atoms with Crippen molar-refractivity contribution in [3.05, 3.63) is 64.7 Å². The van der Waals surface area contributed by atoms with Crippen molar-refractivity contribution in [3.63, 3.8) is 0 Å². The summed E-state index contributed by atoms with van der Waals surface area (Å²) >= 11 is 0. The lowest BCUT2D eigenvalue weighted by Crippen LogP contribution is -2.60. The van der Waals surface area contributed by atoms with Gasteiger partial charge in [-0.1, -0.05) is 39.0 Å². The molecule has 2 amide bonds. The summed E-state index contributed by atoms with van der Waals surface area (Å²) in [4.78, 5) is 27.4. The first-order chi connectivity index (χ1) is 21.2. The Labute approximate surface area is 259 Å². The highest BCUT2D eigenvalue weighted by Gasteiger charge is 2.42. The van der Waals surface area contributed by atoms with Crippen LogP contribution in [0.3, 0.4) is 0 Å². The molecule has 46 heavy (non-hydrogen) atoms. The molecule has 1 aliphatic heterocycles. The molecule has 0 saturated carbocycles. The summed E-state index contributed by atoms with van der Waals surface area (Å²) in [6, 6.07) is 1.80. The SMILES string of the molecule is CCCCCCCCS(=O)(=O)N1CCN(C(=O)c2cc(C(F)(F)F)cc(C(F)(F)F)c2)CC1C(=O)Nc1ccc(C(F)(F)F)cc1. The third-order valence-corrected chi connectivity index (χ3v) is 9.30. The number of halogens is 9. The average molecular weight is 690 g/mol. The molecule has 0 bridgehead atoms. The average Bonchev–Trinajstić information content (AvgIpc) is 2.97. The van der Waals surface area contributed by atoms with E-state index in [1.807, 2.05) is 6.92 Å². The maximum Gasteiger partial charge on any atom is 0.416 e. The van der Waals surface area contributed by atoms with Gasteiger partial charge in [0.2, 0.25) is 15.9 Å². The standard InChI is InChI=1S/C29H32F9N3O4S/c1-2-3-4-5-6-7-14-46(44,45)41-13-12-40(18-24(41)25(42)39-23-10-8-20(9-11-23)27(30,31)32)26(43)19-15-21(28(33,34)35)17-22(16-19)29(36,37)38/h8-11,15-17,24H,2-7,12-14,18H2,1H3,(H,39,42). The van der Waals surface area contributed by atoms with Crippen molar-refractivity contribution in [1.29, 1.82) is 0 Å². The lowest BCUT2D eigenvalue weighted by molar-refractivity contribution is -0.143. The molecule has 1 N–H and O–H groups in total. The van der Waals surface area contributed by atoms with Crippen LogP contribution < -0.4 is 5.32 Å². The zero-order valence-electron chi connectivity index (χ0n) is 24.5. The fourth-order valence-corrected chi connectivity index (χ4v) is 6.62. The smallest absolute Gasteiger partial charge is 0.335 e. The van der Waals surface area contributed by atoms with E-state index in [9.17, 15) is 57.5 Å². The summed E-state index contributed by atoms with van der Waals surface area (Å²) in [6.07, 6.45) is -10.8. The van der Waals surface area contributed by atoms with Gasteiger partial charge in [-0.2, -0.15) is 43.8 Å². The number of anilines is 1. The Morgan fingerprint density at radius 1 is 0.761 bits per heavy atom. The van der Waals surface area contributed by atoms with Gasteiger partial charge in [0.15, 0.2) is 0 Å². The van der Waals surface area contributed by atoms with Crippen molar-refractivity contribution >= 4 is 27.5 Å². The van der Waals surface area contributed by atoms with Gasteiger partial charge in [-0.15, -0.1) is 0 Å². The second-order valence-corrected chi connectivity index (χ2v) is 12.9. The minimum Gasteiger partial charge on any atom is -0.335 e. The molecule has 0 spiro atoms. The third-order valence-electron chi connectivity index (χ3n) is 7.35. The number of hydrogen-bond acceptors (Lipinski definition) is 4. The molecular formula is C29H32F9N3O4S. The molecule has 1 heterocycles. The lowest BCUT2D eigenvalue weighted by Gasteiger charge is -2.39. The summed E-state index contributed by atoms with van der Waals surface area (Å²) in [5, 5.41) is 2.29. The molecule has 7 nitrogen and oxygen atoms in total. The van der Waals surface area contributed by atoms with Crippen LogP contribution >= 0.6 is 0 Å². The molecule has 3 rings (SSSR count). The predicted molar refractivity (Wildman–Crippen MR) is 150 cm³/mol. The van der Waals surface area contributed by atoms with Crippen LogP contribution in [0.2, 0.25) is 0 Å². The molecule has 0 aromatic heterocycles. The quantitative estimate of drug-likeness (QED) is 0.200. The van der Waals surface area contributed by atoms with Gasteiger partial charge in [-0.05, 0) is 48.9 Å². The van der Waals surface area contributed by atoms with Crippen LogP contribution in [-0.4, -0.2) is 60.9 Å². The Bertz CT molecular complexity index is 1440. The Kier molecular flexibility index (Phi) is 11.8. The van der Waals surface area contributed by atoms with Crippen molar-refractivity contribution in [1.82, 2.24) is 9.21 Å². The van der Waals surface area contributed by atoms with Gasteiger partial charge in [-0.25, -0.2) is 8.42 Å². The minimum atomic E-state index is -5.23. The summed E-state index contributed by atoms with van der Waals surface area (Å²) in [5.41, 5.74) is -5.62. The van der Waals surface area contributed by atoms with E-state index in [1.165, 1.54) is 0 Å². The van der Waals surface area contributed by atoms with Crippen LogP contribution in [0.5, 0.6) is 0 Å². The van der Waals surface area contributed by atoms with E-state index in [0.717, 1.165) is 47.0 Å². The molecule has 256 valence electrons. The van der Waals surface area contributed by atoms with Crippen LogP contribution in [0.15, 0.2) is 42.5 Å². The largest absolute Gasteiger partial charge is 0.416 e. The number of nitrogens with one attached hydrogen (secondary N) is 1. The van der Waals surface area contributed by atoms with E-state index in [1.54, 1.807) is 0 Å². The van der Waals surface area contributed by atoms with Crippen LogP contribution in [-0.2, 0) is 33.3 Å². The van der Waals surface area contributed by atoms with Gasteiger partial charge in [0.25, 0.3) is 5.91 Å². The molecular weight excluding hydrogens is 657 g/mol. The molecule has 1 fully saturated rings. The fraction of sp³-hybridized carbons (Fsp3) is 0.517. The number of sulfonamides is 1. The first-order valence-corrected chi connectivity index (χ1v) is 15.9. The highest BCUT2D eigenvalue weighted by Crippen LogP contribution is 2.37. The summed E-state index contributed by atoms with van der Waals surface area (Å²) in [7, 11) is -4.17. The summed E-state index contributed by atoms with van der Waals surface area (Å²) < 4.78 is 147. The first-order valence-electron chi connectivity index (χ1n) is 14.3. The Morgan fingerprint density at radius 3 is 1.80 bits per heavy atom. The lowest BCUT2D eigenvalue weighted by atomic mass is 10.0. The monoisotopic (exact) mass is 689 g/mol. The summed E-state index contributed by atoms with van der Waals surface area (Å²) in [6.45, 7) is 0.280. The molecule has 2 aromatic carbocycles. The van der Waals surface area contributed by atoms with Gasteiger partial charge < -0.3 is 10.2 Å². The van der Waals surface area contributed by atoms with E-state index in [0.29, 0.717) is 18.6 Å². The number of carbonyl (C=O) groups excluding carboxylic acids is 2. The Morgan fingerprint density at radius 2 is 1.28 bits per heavy atom.